The van der Waals surface area contributed by atoms with E-state index in [0.29, 0.717) is 5.75 Å². The van der Waals surface area contributed by atoms with Crippen LogP contribution in [-0.2, 0) is 0 Å². The summed E-state index contributed by atoms with van der Waals surface area (Å²) in [5.74, 6) is 1.26. The maximum Gasteiger partial charge on any atom is 0.307 e. The van der Waals surface area contributed by atoms with Crippen LogP contribution in [0.25, 0.3) is 0 Å². The number of ether oxygens (including phenoxy) is 1. The first-order chi connectivity index (χ1) is 11.3. The Balaban J connectivity index is 1.63. The van der Waals surface area contributed by atoms with E-state index in [-0.39, 0.29) is 5.76 Å². The lowest BCUT2D eigenvalue weighted by molar-refractivity contribution is 0.0927. The monoisotopic (exact) mass is 306 g/mol. The molecule has 1 heterocycles. The van der Waals surface area contributed by atoms with E-state index in [9.17, 15) is 4.79 Å². The first kappa shape index (κ1) is 14.6. The van der Waals surface area contributed by atoms with Crippen molar-refractivity contribution in [2.75, 3.05) is 0 Å². The molecule has 0 spiro atoms. The van der Waals surface area contributed by atoms with Crippen molar-refractivity contribution < 1.29 is 13.9 Å². The van der Waals surface area contributed by atoms with Crippen molar-refractivity contribution in [3.8, 4) is 11.5 Å². The third kappa shape index (κ3) is 4.07. The molecule has 0 saturated carbocycles. The zero-order chi connectivity index (χ0) is 15.9. The van der Waals surface area contributed by atoms with Gasteiger partial charge in [-0.25, -0.2) is 5.43 Å². The Bertz CT molecular complexity index is 796. The molecule has 0 unspecified atom stereocenters. The summed E-state index contributed by atoms with van der Waals surface area (Å²) in [6, 6.07) is 20.1. The number of hydrogen-bond acceptors (Lipinski definition) is 4. The summed E-state index contributed by atoms with van der Waals surface area (Å²) in [7, 11) is 0. The molecule has 0 radical (unpaired) electrons. The molecule has 0 aliphatic carbocycles. The summed E-state index contributed by atoms with van der Waals surface area (Å²) in [5, 5.41) is 3.91. The maximum atomic E-state index is 11.7. The van der Waals surface area contributed by atoms with Gasteiger partial charge >= 0.3 is 5.91 Å². The minimum Gasteiger partial charge on any atom is -0.459 e. The van der Waals surface area contributed by atoms with E-state index in [2.05, 4.69) is 10.5 Å². The molecule has 0 aliphatic heterocycles. The second-order valence-corrected chi connectivity index (χ2v) is 4.66. The van der Waals surface area contributed by atoms with E-state index in [1.54, 1.807) is 18.3 Å². The molecule has 2 aromatic carbocycles. The van der Waals surface area contributed by atoms with Crippen LogP contribution in [0.2, 0.25) is 0 Å². The molecule has 5 heteroatoms. The van der Waals surface area contributed by atoms with Gasteiger partial charge in [-0.2, -0.15) is 5.10 Å². The molecule has 3 aromatic rings. The minimum atomic E-state index is -0.400. The van der Waals surface area contributed by atoms with Gasteiger partial charge in [0.2, 0.25) is 0 Å². The molecule has 0 aliphatic rings. The summed E-state index contributed by atoms with van der Waals surface area (Å²) in [4.78, 5) is 11.7. The smallest absolute Gasteiger partial charge is 0.307 e. The van der Waals surface area contributed by atoms with Crippen LogP contribution in [0.1, 0.15) is 16.1 Å². The molecule has 0 fully saturated rings. The van der Waals surface area contributed by atoms with Gasteiger partial charge in [0.15, 0.2) is 5.76 Å². The number of amides is 1. The number of rotatable bonds is 5. The van der Waals surface area contributed by atoms with Gasteiger partial charge in [-0.05, 0) is 42.0 Å². The molecule has 114 valence electrons. The first-order valence-corrected chi connectivity index (χ1v) is 7.01. The molecule has 3 rings (SSSR count). The van der Waals surface area contributed by atoms with Gasteiger partial charge in [0.05, 0.1) is 12.5 Å². The molecule has 5 nitrogen and oxygen atoms in total. The SMILES string of the molecule is O=C(N/N=C/c1cccc(Oc2ccccc2)c1)c1ccco1. The number of carbonyl (C=O) groups is 1. The van der Waals surface area contributed by atoms with Crippen molar-refractivity contribution in [2.45, 2.75) is 0 Å². The van der Waals surface area contributed by atoms with E-state index in [4.69, 9.17) is 9.15 Å². The number of carbonyl (C=O) groups excluding carboxylic acids is 1. The minimum absolute atomic E-state index is 0.211. The predicted octanol–water partition coefficient (Wildman–Crippen LogP) is 3.84. The average Bonchev–Trinajstić information content (AvgIpc) is 3.11. The molecule has 0 bridgehead atoms. The van der Waals surface area contributed by atoms with Gasteiger partial charge in [0.25, 0.3) is 0 Å². The second kappa shape index (κ2) is 7.09. The van der Waals surface area contributed by atoms with E-state index >= 15 is 0 Å². The summed E-state index contributed by atoms with van der Waals surface area (Å²) in [6.45, 7) is 0. The van der Waals surface area contributed by atoms with Crippen molar-refractivity contribution in [2.24, 2.45) is 5.10 Å². The van der Waals surface area contributed by atoms with Crippen molar-refractivity contribution in [1.82, 2.24) is 5.43 Å². The highest BCUT2D eigenvalue weighted by Crippen LogP contribution is 2.21. The standard InChI is InChI=1S/C18H14N2O3/c21-18(17-10-5-11-22-17)20-19-13-14-6-4-9-16(12-14)23-15-7-2-1-3-8-15/h1-13H,(H,20,21)/b19-13+. The lowest BCUT2D eigenvalue weighted by Crippen LogP contribution is -2.16. The largest absolute Gasteiger partial charge is 0.459 e. The highest BCUT2D eigenvalue weighted by Gasteiger charge is 2.05. The molecule has 1 amide bonds. The fraction of sp³-hybridized carbons (Fsp3) is 0. The Kier molecular flexibility index (Phi) is 4.49. The number of furan rings is 1. The molecular weight excluding hydrogens is 292 g/mol. The molecule has 1 N–H and O–H groups in total. The summed E-state index contributed by atoms with van der Waals surface area (Å²) in [5.41, 5.74) is 3.20. The maximum absolute atomic E-state index is 11.7. The lowest BCUT2D eigenvalue weighted by Gasteiger charge is -2.05. The van der Waals surface area contributed by atoms with Gasteiger partial charge in [0, 0.05) is 0 Å². The van der Waals surface area contributed by atoms with Gasteiger partial charge in [-0.15, -0.1) is 0 Å². The lowest BCUT2D eigenvalue weighted by atomic mass is 10.2. The number of para-hydroxylation sites is 1. The Labute approximate surface area is 133 Å². The summed E-state index contributed by atoms with van der Waals surface area (Å²) < 4.78 is 10.7. The molecule has 23 heavy (non-hydrogen) atoms. The number of hydrogen-bond donors (Lipinski definition) is 1. The number of benzene rings is 2. The zero-order valence-corrected chi connectivity index (χ0v) is 12.2. The Morgan fingerprint density at radius 2 is 1.83 bits per heavy atom. The van der Waals surface area contributed by atoms with Crippen molar-refractivity contribution >= 4 is 12.1 Å². The van der Waals surface area contributed by atoms with Crippen LogP contribution >= 0.6 is 0 Å². The van der Waals surface area contributed by atoms with Crippen LogP contribution in [0.5, 0.6) is 11.5 Å². The molecule has 0 saturated heterocycles. The molecule has 1 aromatic heterocycles. The number of hydrazone groups is 1. The first-order valence-electron chi connectivity index (χ1n) is 7.01. The van der Waals surface area contributed by atoms with E-state index in [0.717, 1.165) is 11.3 Å². The second-order valence-electron chi connectivity index (χ2n) is 4.66. The fourth-order valence-corrected chi connectivity index (χ4v) is 1.91. The zero-order valence-electron chi connectivity index (χ0n) is 12.2. The van der Waals surface area contributed by atoms with E-state index < -0.39 is 5.91 Å². The van der Waals surface area contributed by atoms with Crippen LogP contribution in [0.15, 0.2) is 82.5 Å². The highest BCUT2D eigenvalue weighted by atomic mass is 16.5. The Hall–Kier alpha value is -3.34. The molecule has 0 atom stereocenters. The Morgan fingerprint density at radius 3 is 2.61 bits per heavy atom. The summed E-state index contributed by atoms with van der Waals surface area (Å²) >= 11 is 0. The number of nitrogens with zero attached hydrogens (tertiary/aromatic N) is 1. The van der Waals surface area contributed by atoms with Crippen molar-refractivity contribution in [3.63, 3.8) is 0 Å². The average molecular weight is 306 g/mol. The van der Waals surface area contributed by atoms with Crippen LogP contribution in [0.4, 0.5) is 0 Å². The van der Waals surface area contributed by atoms with E-state index in [1.165, 1.54) is 6.26 Å². The van der Waals surface area contributed by atoms with E-state index in [1.807, 2.05) is 54.6 Å². The third-order valence-electron chi connectivity index (χ3n) is 2.96. The quantitative estimate of drug-likeness (QED) is 0.575. The van der Waals surface area contributed by atoms with Crippen LogP contribution in [0.3, 0.4) is 0 Å². The van der Waals surface area contributed by atoms with Crippen LogP contribution in [0, 0.1) is 0 Å². The van der Waals surface area contributed by atoms with Gasteiger partial charge in [0.1, 0.15) is 11.5 Å². The fourth-order valence-electron chi connectivity index (χ4n) is 1.91. The van der Waals surface area contributed by atoms with Gasteiger partial charge in [-0.3, -0.25) is 4.79 Å². The molecular formula is C18H14N2O3. The van der Waals surface area contributed by atoms with Gasteiger partial charge in [-0.1, -0.05) is 30.3 Å². The predicted molar refractivity (Wildman–Crippen MR) is 86.7 cm³/mol. The van der Waals surface area contributed by atoms with Crippen molar-refractivity contribution in [1.29, 1.82) is 0 Å². The Morgan fingerprint density at radius 1 is 1.00 bits per heavy atom. The normalized spacial score (nSPS) is 10.6. The third-order valence-corrected chi connectivity index (χ3v) is 2.96. The highest BCUT2D eigenvalue weighted by molar-refractivity contribution is 5.92. The van der Waals surface area contributed by atoms with Crippen molar-refractivity contribution in [3.05, 3.63) is 84.3 Å². The topological polar surface area (TPSA) is 63.8 Å². The van der Waals surface area contributed by atoms with Crippen LogP contribution < -0.4 is 10.2 Å². The van der Waals surface area contributed by atoms with Crippen LogP contribution in [-0.4, -0.2) is 12.1 Å². The summed E-state index contributed by atoms with van der Waals surface area (Å²) in [6.07, 6.45) is 2.97. The van der Waals surface area contributed by atoms with Gasteiger partial charge < -0.3 is 9.15 Å². The number of nitrogens with one attached hydrogen (secondary N) is 1.